The van der Waals surface area contributed by atoms with E-state index >= 15 is 0 Å². The van der Waals surface area contributed by atoms with Crippen molar-refractivity contribution >= 4 is 27.3 Å². The minimum absolute atomic E-state index is 0.00273. The van der Waals surface area contributed by atoms with Crippen LogP contribution in [0, 0.1) is 6.92 Å². The zero-order valence-electron chi connectivity index (χ0n) is 16.6. The van der Waals surface area contributed by atoms with Gasteiger partial charge in [-0.3, -0.25) is 4.79 Å². The third-order valence-electron chi connectivity index (χ3n) is 4.43. The summed E-state index contributed by atoms with van der Waals surface area (Å²) in [5.41, 5.74) is 0.394. The Morgan fingerprint density at radius 3 is 2.30 bits per heavy atom. The largest absolute Gasteiger partial charge is 0.331 e. The summed E-state index contributed by atoms with van der Waals surface area (Å²) in [4.78, 5) is 17.4. The van der Waals surface area contributed by atoms with E-state index in [-0.39, 0.29) is 16.8 Å². The highest BCUT2D eigenvalue weighted by atomic mass is 32.2. The number of amides is 1. The molecule has 0 atom stereocenters. The number of thiophene rings is 1. The highest BCUT2D eigenvalue weighted by Crippen LogP contribution is 2.22. The molecule has 0 aliphatic rings. The Morgan fingerprint density at radius 1 is 1.11 bits per heavy atom. The van der Waals surface area contributed by atoms with Gasteiger partial charge in [0.2, 0.25) is 10.0 Å². The Morgan fingerprint density at radius 2 is 1.78 bits per heavy atom. The minimum atomic E-state index is -3.59. The van der Waals surface area contributed by atoms with E-state index in [1.165, 1.54) is 15.2 Å². The summed E-state index contributed by atoms with van der Waals surface area (Å²) >= 11 is 1.67. The van der Waals surface area contributed by atoms with E-state index < -0.39 is 10.0 Å². The molecule has 5 nitrogen and oxygen atoms in total. The fourth-order valence-corrected chi connectivity index (χ4v) is 5.29. The zero-order valence-corrected chi connectivity index (χ0v) is 18.2. The first-order chi connectivity index (χ1) is 12.7. The summed E-state index contributed by atoms with van der Waals surface area (Å²) in [5, 5.41) is 0. The Labute approximate surface area is 166 Å². The van der Waals surface area contributed by atoms with Crippen LogP contribution in [-0.4, -0.2) is 42.7 Å². The highest BCUT2D eigenvalue weighted by molar-refractivity contribution is 7.89. The van der Waals surface area contributed by atoms with Crippen LogP contribution in [0.15, 0.2) is 41.3 Å². The van der Waals surface area contributed by atoms with Crippen LogP contribution in [0.4, 0.5) is 0 Å². The van der Waals surface area contributed by atoms with Crippen molar-refractivity contribution in [2.75, 3.05) is 13.1 Å². The van der Waals surface area contributed by atoms with Crippen molar-refractivity contribution in [1.82, 2.24) is 9.21 Å². The topological polar surface area (TPSA) is 57.7 Å². The van der Waals surface area contributed by atoms with Gasteiger partial charge in [-0.05, 0) is 51.1 Å². The van der Waals surface area contributed by atoms with E-state index in [1.807, 2.05) is 32.9 Å². The third-order valence-corrected chi connectivity index (χ3v) is 7.46. The predicted octanol–water partition coefficient (Wildman–Crippen LogP) is 4.14. The predicted molar refractivity (Wildman–Crippen MR) is 111 cm³/mol. The first kappa shape index (κ1) is 21.6. The van der Waals surface area contributed by atoms with Crippen LogP contribution in [0.5, 0.6) is 0 Å². The van der Waals surface area contributed by atoms with Crippen molar-refractivity contribution in [3.63, 3.8) is 0 Å². The normalized spacial score (nSPS) is 12.0. The van der Waals surface area contributed by atoms with E-state index in [0.717, 1.165) is 4.88 Å². The van der Waals surface area contributed by atoms with E-state index in [2.05, 4.69) is 0 Å². The van der Waals surface area contributed by atoms with Crippen LogP contribution in [0.1, 0.15) is 47.8 Å². The molecule has 1 amide bonds. The molecule has 0 unspecified atom stereocenters. The van der Waals surface area contributed by atoms with Crippen LogP contribution in [0.2, 0.25) is 0 Å². The number of aryl methyl sites for hydroxylation is 1. The highest BCUT2D eigenvalue weighted by Gasteiger charge is 2.25. The number of benzene rings is 1. The molecule has 0 fully saturated rings. The van der Waals surface area contributed by atoms with Crippen molar-refractivity contribution < 1.29 is 13.2 Å². The van der Waals surface area contributed by atoms with E-state index in [9.17, 15) is 13.2 Å². The Balaban J connectivity index is 2.34. The summed E-state index contributed by atoms with van der Waals surface area (Å²) in [6, 6.07) is 10.4. The van der Waals surface area contributed by atoms with Crippen molar-refractivity contribution in [3.05, 3.63) is 51.7 Å². The number of carbonyl (C=O) groups excluding carboxylic acids is 1. The lowest BCUT2D eigenvalue weighted by Crippen LogP contribution is -2.36. The van der Waals surface area contributed by atoms with Gasteiger partial charge >= 0.3 is 0 Å². The van der Waals surface area contributed by atoms with Gasteiger partial charge in [-0.1, -0.05) is 19.9 Å². The SMILES string of the molecule is CCN(CC)S(=O)(=O)c1cccc(C(=O)N(Cc2ccc(C)s2)C(C)C)c1. The molecule has 1 aromatic carbocycles. The lowest BCUT2D eigenvalue weighted by atomic mass is 10.1. The molecule has 27 heavy (non-hydrogen) atoms. The first-order valence-corrected chi connectivity index (χ1v) is 11.4. The summed E-state index contributed by atoms with van der Waals surface area (Å²) in [7, 11) is -3.59. The molecule has 0 radical (unpaired) electrons. The second-order valence-corrected chi connectivity index (χ2v) is 9.97. The van der Waals surface area contributed by atoms with Crippen LogP contribution in [0.25, 0.3) is 0 Å². The molecule has 1 heterocycles. The maximum atomic E-state index is 13.1. The van der Waals surface area contributed by atoms with Gasteiger partial charge in [0.25, 0.3) is 5.91 Å². The monoisotopic (exact) mass is 408 g/mol. The van der Waals surface area contributed by atoms with Gasteiger partial charge in [-0.25, -0.2) is 8.42 Å². The molecule has 0 N–H and O–H groups in total. The lowest BCUT2D eigenvalue weighted by Gasteiger charge is -2.27. The summed E-state index contributed by atoms with van der Waals surface area (Å²) in [6.45, 7) is 10.9. The fourth-order valence-electron chi connectivity index (χ4n) is 2.89. The molecule has 0 aliphatic carbocycles. The second kappa shape index (κ2) is 8.99. The maximum Gasteiger partial charge on any atom is 0.254 e. The van der Waals surface area contributed by atoms with E-state index in [0.29, 0.717) is 25.2 Å². The molecule has 0 bridgehead atoms. The number of hydrogen-bond acceptors (Lipinski definition) is 4. The second-order valence-electron chi connectivity index (χ2n) is 6.66. The van der Waals surface area contributed by atoms with Crippen LogP contribution in [-0.2, 0) is 16.6 Å². The molecule has 0 spiro atoms. The van der Waals surface area contributed by atoms with Gasteiger partial charge in [-0.2, -0.15) is 4.31 Å². The molecular formula is C20H28N2O3S2. The van der Waals surface area contributed by atoms with Crippen molar-refractivity contribution in [2.45, 2.75) is 52.1 Å². The van der Waals surface area contributed by atoms with Gasteiger partial charge in [0, 0.05) is 34.4 Å². The first-order valence-electron chi connectivity index (χ1n) is 9.17. The van der Waals surface area contributed by atoms with Crippen LogP contribution in [0.3, 0.4) is 0 Å². The van der Waals surface area contributed by atoms with Crippen molar-refractivity contribution in [1.29, 1.82) is 0 Å². The molecule has 0 saturated carbocycles. The number of hydrogen-bond donors (Lipinski definition) is 0. The number of sulfonamides is 1. The quantitative estimate of drug-likeness (QED) is 0.660. The van der Waals surface area contributed by atoms with Gasteiger partial charge in [0.05, 0.1) is 11.4 Å². The average Bonchev–Trinajstić information content (AvgIpc) is 3.05. The van der Waals surface area contributed by atoms with E-state index in [4.69, 9.17) is 0 Å². The number of rotatable bonds is 8. The number of carbonyl (C=O) groups is 1. The van der Waals surface area contributed by atoms with Crippen molar-refractivity contribution in [3.8, 4) is 0 Å². The average molecular weight is 409 g/mol. The Hall–Kier alpha value is -1.70. The molecule has 0 saturated heterocycles. The molecule has 7 heteroatoms. The molecule has 148 valence electrons. The molecular weight excluding hydrogens is 380 g/mol. The summed E-state index contributed by atoms with van der Waals surface area (Å²) in [5.74, 6) is -0.160. The van der Waals surface area contributed by atoms with Crippen LogP contribution >= 0.6 is 11.3 Å². The Bertz CT molecular complexity index is 884. The van der Waals surface area contributed by atoms with Gasteiger partial charge < -0.3 is 4.90 Å². The number of nitrogens with zero attached hydrogens (tertiary/aromatic N) is 2. The minimum Gasteiger partial charge on any atom is -0.331 e. The summed E-state index contributed by atoms with van der Waals surface area (Å²) < 4.78 is 26.9. The standard InChI is InChI=1S/C20H28N2O3S2/c1-6-21(7-2)27(24,25)19-10-8-9-17(13-19)20(23)22(15(3)4)14-18-12-11-16(5)26-18/h8-13,15H,6-7,14H2,1-5H3. The van der Waals surface area contributed by atoms with E-state index in [1.54, 1.807) is 48.3 Å². The lowest BCUT2D eigenvalue weighted by molar-refractivity contribution is 0.0692. The van der Waals surface area contributed by atoms with Crippen molar-refractivity contribution in [2.24, 2.45) is 0 Å². The zero-order chi connectivity index (χ0) is 20.2. The Kier molecular flexibility index (Phi) is 7.19. The van der Waals surface area contributed by atoms with Gasteiger partial charge in [0.15, 0.2) is 0 Å². The molecule has 2 aromatic rings. The maximum absolute atomic E-state index is 13.1. The summed E-state index contributed by atoms with van der Waals surface area (Å²) in [6.07, 6.45) is 0. The smallest absolute Gasteiger partial charge is 0.254 e. The third kappa shape index (κ3) is 4.97. The fraction of sp³-hybridized carbons (Fsp3) is 0.450. The molecule has 1 aromatic heterocycles. The van der Waals surface area contributed by atoms with Gasteiger partial charge in [0.1, 0.15) is 0 Å². The molecule has 0 aliphatic heterocycles. The molecule has 2 rings (SSSR count). The van der Waals surface area contributed by atoms with Crippen LogP contribution < -0.4 is 0 Å². The van der Waals surface area contributed by atoms with Gasteiger partial charge in [-0.15, -0.1) is 11.3 Å².